The summed E-state index contributed by atoms with van der Waals surface area (Å²) in [6.07, 6.45) is 1.73. The Morgan fingerprint density at radius 2 is 1.94 bits per heavy atom. The van der Waals surface area contributed by atoms with E-state index >= 15 is 0 Å². The van der Waals surface area contributed by atoms with E-state index < -0.39 is 0 Å². The molecule has 1 aromatic carbocycles. The van der Waals surface area contributed by atoms with Crippen LogP contribution in [0, 0.1) is 0 Å². The lowest BCUT2D eigenvalue weighted by atomic mass is 10.3. The number of pyridine rings is 1. The van der Waals surface area contributed by atoms with E-state index in [2.05, 4.69) is 10.3 Å². The zero-order valence-electron chi connectivity index (χ0n) is 9.18. The Morgan fingerprint density at radius 1 is 1.12 bits per heavy atom. The van der Waals surface area contributed by atoms with Crippen LogP contribution in [-0.4, -0.2) is 11.5 Å². The molecule has 1 aromatic heterocycles. The molecule has 0 aliphatic rings. The molecule has 0 spiro atoms. The van der Waals surface area contributed by atoms with E-state index in [4.69, 9.17) is 4.74 Å². The zero-order valence-corrected chi connectivity index (χ0v) is 9.18. The summed E-state index contributed by atoms with van der Waals surface area (Å²) in [6, 6.07) is 13.4. The summed E-state index contributed by atoms with van der Waals surface area (Å²) in [6.45, 7) is 2.88. The molecule has 0 unspecified atom stereocenters. The first-order valence-corrected chi connectivity index (χ1v) is 5.31. The van der Waals surface area contributed by atoms with Gasteiger partial charge in [0.25, 0.3) is 0 Å². The molecule has 0 atom stereocenters. The lowest BCUT2D eigenvalue weighted by Crippen LogP contribution is -1.98. The van der Waals surface area contributed by atoms with E-state index in [-0.39, 0.29) is 0 Å². The third-order valence-corrected chi connectivity index (χ3v) is 2.07. The normalized spacial score (nSPS) is 9.81. The second-order valence-electron chi connectivity index (χ2n) is 3.32. The Morgan fingerprint density at radius 3 is 2.69 bits per heavy atom. The van der Waals surface area contributed by atoms with Crippen LogP contribution in [0.1, 0.15) is 6.92 Å². The van der Waals surface area contributed by atoms with Crippen LogP contribution in [0.5, 0.6) is 11.5 Å². The predicted octanol–water partition coefficient (Wildman–Crippen LogP) is 3.31. The molecule has 0 saturated carbocycles. The summed E-state index contributed by atoms with van der Waals surface area (Å²) in [5.74, 6) is 2.45. The molecule has 2 rings (SSSR count). The Bertz CT molecular complexity index is 443. The molecule has 0 aliphatic heterocycles. The van der Waals surface area contributed by atoms with Gasteiger partial charge in [-0.15, -0.1) is 0 Å². The van der Waals surface area contributed by atoms with Crippen LogP contribution in [0.25, 0.3) is 0 Å². The Kier molecular flexibility index (Phi) is 3.38. The minimum absolute atomic E-state index is 0.789. The van der Waals surface area contributed by atoms with Crippen molar-refractivity contribution in [2.75, 3.05) is 11.9 Å². The van der Waals surface area contributed by atoms with Crippen LogP contribution >= 0.6 is 0 Å². The molecule has 3 nitrogen and oxygen atoms in total. The van der Waals surface area contributed by atoms with Crippen molar-refractivity contribution < 1.29 is 4.74 Å². The summed E-state index contributed by atoms with van der Waals surface area (Å²) in [5.41, 5.74) is 0. The lowest BCUT2D eigenvalue weighted by molar-refractivity contribution is 0.482. The van der Waals surface area contributed by atoms with Crippen LogP contribution < -0.4 is 10.1 Å². The average Bonchev–Trinajstić information content (AvgIpc) is 2.31. The maximum atomic E-state index is 5.69. The van der Waals surface area contributed by atoms with Crippen molar-refractivity contribution in [1.29, 1.82) is 0 Å². The average molecular weight is 214 g/mol. The van der Waals surface area contributed by atoms with Gasteiger partial charge in [-0.25, -0.2) is 4.98 Å². The lowest BCUT2D eigenvalue weighted by Gasteiger charge is -2.07. The van der Waals surface area contributed by atoms with Crippen LogP contribution in [0.4, 0.5) is 5.82 Å². The van der Waals surface area contributed by atoms with Crippen molar-refractivity contribution in [3.8, 4) is 11.5 Å². The van der Waals surface area contributed by atoms with E-state index in [0.717, 1.165) is 23.9 Å². The van der Waals surface area contributed by atoms with Gasteiger partial charge < -0.3 is 10.1 Å². The minimum atomic E-state index is 0.789. The van der Waals surface area contributed by atoms with Crippen molar-refractivity contribution in [3.63, 3.8) is 0 Å². The summed E-state index contributed by atoms with van der Waals surface area (Å²) in [7, 11) is 0. The molecule has 2 aromatic rings. The van der Waals surface area contributed by atoms with Gasteiger partial charge in [0.05, 0.1) is 0 Å². The molecule has 0 fully saturated rings. The maximum absolute atomic E-state index is 5.69. The second kappa shape index (κ2) is 5.16. The highest BCUT2D eigenvalue weighted by Crippen LogP contribution is 2.22. The Labute approximate surface area is 95.1 Å². The maximum Gasteiger partial charge on any atom is 0.132 e. The minimum Gasteiger partial charge on any atom is -0.457 e. The van der Waals surface area contributed by atoms with Gasteiger partial charge in [0.2, 0.25) is 0 Å². The zero-order chi connectivity index (χ0) is 11.2. The number of hydrogen-bond acceptors (Lipinski definition) is 3. The fraction of sp³-hybridized carbons (Fsp3) is 0.154. The summed E-state index contributed by atoms with van der Waals surface area (Å²) in [5, 5.41) is 3.14. The number of ether oxygens (including phenoxy) is 1. The van der Waals surface area contributed by atoms with Gasteiger partial charge in [-0.05, 0) is 25.1 Å². The third-order valence-electron chi connectivity index (χ3n) is 2.07. The molecular weight excluding hydrogens is 200 g/mol. The molecule has 1 N–H and O–H groups in total. The van der Waals surface area contributed by atoms with E-state index in [0.29, 0.717) is 0 Å². The number of hydrogen-bond donors (Lipinski definition) is 1. The van der Waals surface area contributed by atoms with E-state index in [1.807, 2.05) is 49.4 Å². The van der Waals surface area contributed by atoms with Gasteiger partial charge in [0.15, 0.2) is 0 Å². The number of benzene rings is 1. The first kappa shape index (κ1) is 10.5. The number of para-hydroxylation sites is 1. The molecule has 0 amide bonds. The molecule has 82 valence electrons. The monoisotopic (exact) mass is 214 g/mol. The van der Waals surface area contributed by atoms with Gasteiger partial charge >= 0.3 is 0 Å². The van der Waals surface area contributed by atoms with Gasteiger partial charge in [-0.2, -0.15) is 0 Å². The fourth-order valence-corrected chi connectivity index (χ4v) is 1.38. The highest BCUT2D eigenvalue weighted by Gasteiger charge is 1.98. The SMILES string of the molecule is CCNc1cc(Oc2ccccc2)ccn1. The molecule has 1 heterocycles. The van der Waals surface area contributed by atoms with Crippen molar-refractivity contribution in [2.45, 2.75) is 6.92 Å². The summed E-state index contributed by atoms with van der Waals surface area (Å²) < 4.78 is 5.69. The van der Waals surface area contributed by atoms with Crippen molar-refractivity contribution in [1.82, 2.24) is 4.98 Å². The van der Waals surface area contributed by atoms with Crippen molar-refractivity contribution in [3.05, 3.63) is 48.7 Å². The second-order valence-corrected chi connectivity index (χ2v) is 3.32. The fourth-order valence-electron chi connectivity index (χ4n) is 1.38. The third kappa shape index (κ3) is 2.73. The highest BCUT2D eigenvalue weighted by atomic mass is 16.5. The number of nitrogens with zero attached hydrogens (tertiary/aromatic N) is 1. The van der Waals surface area contributed by atoms with Gasteiger partial charge in [0.1, 0.15) is 17.3 Å². The standard InChI is InChI=1S/C13H14N2O/c1-2-14-13-10-12(8-9-15-13)16-11-6-4-3-5-7-11/h3-10H,2H2,1H3,(H,14,15). The first-order chi connectivity index (χ1) is 7.88. The number of anilines is 1. The molecule has 0 radical (unpaired) electrons. The van der Waals surface area contributed by atoms with E-state index in [1.165, 1.54) is 0 Å². The summed E-state index contributed by atoms with van der Waals surface area (Å²) in [4.78, 5) is 4.18. The van der Waals surface area contributed by atoms with Crippen LogP contribution in [0.2, 0.25) is 0 Å². The predicted molar refractivity (Wildman–Crippen MR) is 64.9 cm³/mol. The first-order valence-electron chi connectivity index (χ1n) is 5.31. The van der Waals surface area contributed by atoms with Gasteiger partial charge in [0, 0.05) is 18.8 Å². The molecular formula is C13H14N2O. The molecule has 0 aliphatic carbocycles. The van der Waals surface area contributed by atoms with Crippen LogP contribution in [0.15, 0.2) is 48.7 Å². The number of nitrogens with one attached hydrogen (secondary N) is 1. The van der Waals surface area contributed by atoms with Crippen LogP contribution in [-0.2, 0) is 0 Å². The molecule has 0 bridgehead atoms. The molecule has 16 heavy (non-hydrogen) atoms. The topological polar surface area (TPSA) is 34.1 Å². The largest absolute Gasteiger partial charge is 0.457 e. The molecule has 3 heteroatoms. The van der Waals surface area contributed by atoms with E-state index in [1.54, 1.807) is 6.20 Å². The smallest absolute Gasteiger partial charge is 0.132 e. The van der Waals surface area contributed by atoms with Crippen LogP contribution in [0.3, 0.4) is 0 Å². The van der Waals surface area contributed by atoms with Gasteiger partial charge in [-0.3, -0.25) is 0 Å². The summed E-state index contributed by atoms with van der Waals surface area (Å²) >= 11 is 0. The Hall–Kier alpha value is -2.03. The number of rotatable bonds is 4. The Balaban J connectivity index is 2.12. The van der Waals surface area contributed by atoms with E-state index in [9.17, 15) is 0 Å². The van der Waals surface area contributed by atoms with Crippen molar-refractivity contribution in [2.24, 2.45) is 0 Å². The van der Waals surface area contributed by atoms with Gasteiger partial charge in [-0.1, -0.05) is 18.2 Å². The quantitative estimate of drug-likeness (QED) is 0.847. The highest BCUT2D eigenvalue weighted by molar-refractivity contribution is 5.42. The molecule has 0 saturated heterocycles. The number of aromatic nitrogens is 1. The van der Waals surface area contributed by atoms with Crippen molar-refractivity contribution >= 4 is 5.82 Å².